The van der Waals surface area contributed by atoms with Crippen molar-refractivity contribution < 1.29 is 18.1 Å². The Morgan fingerprint density at radius 1 is 1.47 bits per heavy atom. The zero-order chi connectivity index (χ0) is 14.6. The van der Waals surface area contributed by atoms with Gasteiger partial charge in [-0.3, -0.25) is 10.1 Å². The first kappa shape index (κ1) is 15.7. The largest absolute Gasteiger partial charge is 0.497 e. The van der Waals surface area contributed by atoms with Gasteiger partial charge in [-0.15, -0.1) is 11.6 Å². The number of benzene rings is 1. The predicted molar refractivity (Wildman–Crippen MR) is 70.2 cm³/mol. The van der Waals surface area contributed by atoms with Crippen LogP contribution in [0.2, 0.25) is 0 Å². The topological polar surface area (TPSA) is 89.8 Å². The minimum Gasteiger partial charge on any atom is -0.497 e. The molecule has 1 rings (SSSR count). The number of hydrogen-bond donors (Lipinski definition) is 0. The molecule has 0 bridgehead atoms. The SMILES string of the molecule is COc1ccc(S(=O)(=O)N(C)CCCl)c([N+](=O)[O-])c1. The molecule has 0 aliphatic carbocycles. The van der Waals surface area contributed by atoms with Gasteiger partial charge in [0.05, 0.1) is 18.1 Å². The van der Waals surface area contributed by atoms with Gasteiger partial charge in [-0.1, -0.05) is 0 Å². The highest BCUT2D eigenvalue weighted by atomic mass is 35.5. The summed E-state index contributed by atoms with van der Waals surface area (Å²) in [5.74, 6) is 0.310. The molecular formula is C10H13ClN2O5S. The fourth-order valence-electron chi connectivity index (χ4n) is 1.39. The highest BCUT2D eigenvalue weighted by molar-refractivity contribution is 7.89. The Hall–Kier alpha value is -1.38. The van der Waals surface area contributed by atoms with Crippen LogP contribution in [-0.2, 0) is 10.0 Å². The molecule has 7 nitrogen and oxygen atoms in total. The van der Waals surface area contributed by atoms with Crippen LogP contribution in [-0.4, -0.2) is 44.2 Å². The van der Waals surface area contributed by atoms with E-state index in [1.807, 2.05) is 0 Å². The van der Waals surface area contributed by atoms with Crippen molar-refractivity contribution in [1.29, 1.82) is 0 Å². The summed E-state index contributed by atoms with van der Waals surface area (Å²) in [4.78, 5) is 9.81. The van der Waals surface area contributed by atoms with Gasteiger partial charge < -0.3 is 4.74 Å². The highest BCUT2D eigenvalue weighted by Gasteiger charge is 2.29. The number of rotatable bonds is 6. The number of hydrogen-bond acceptors (Lipinski definition) is 5. The van der Waals surface area contributed by atoms with Gasteiger partial charge in [-0.2, -0.15) is 4.31 Å². The van der Waals surface area contributed by atoms with E-state index in [0.29, 0.717) is 0 Å². The number of alkyl halides is 1. The van der Waals surface area contributed by atoms with Crippen molar-refractivity contribution >= 4 is 27.3 Å². The molecule has 0 heterocycles. The number of nitro groups is 1. The third-order valence-electron chi connectivity index (χ3n) is 2.45. The van der Waals surface area contributed by atoms with Gasteiger partial charge in [0.1, 0.15) is 5.75 Å². The van der Waals surface area contributed by atoms with Crippen molar-refractivity contribution in [1.82, 2.24) is 4.31 Å². The Morgan fingerprint density at radius 3 is 2.58 bits per heavy atom. The first-order valence-corrected chi connectivity index (χ1v) is 7.16. The predicted octanol–water partition coefficient (Wildman–Crippen LogP) is 1.46. The molecule has 0 N–H and O–H groups in total. The Labute approximate surface area is 115 Å². The van der Waals surface area contributed by atoms with E-state index in [4.69, 9.17) is 16.3 Å². The van der Waals surface area contributed by atoms with E-state index in [1.165, 1.54) is 20.2 Å². The number of nitrogens with zero attached hydrogens (tertiary/aromatic N) is 2. The van der Waals surface area contributed by atoms with Crippen molar-refractivity contribution in [3.8, 4) is 5.75 Å². The number of halogens is 1. The number of methoxy groups -OCH3 is 1. The summed E-state index contributed by atoms with van der Waals surface area (Å²) >= 11 is 5.48. The number of nitro benzene ring substituents is 1. The van der Waals surface area contributed by atoms with Gasteiger partial charge in [-0.05, 0) is 12.1 Å². The fraction of sp³-hybridized carbons (Fsp3) is 0.400. The van der Waals surface area contributed by atoms with Gasteiger partial charge in [0.15, 0.2) is 4.90 Å². The average molecular weight is 309 g/mol. The molecule has 0 unspecified atom stereocenters. The monoisotopic (exact) mass is 308 g/mol. The Balaban J connectivity index is 3.38. The maximum Gasteiger partial charge on any atom is 0.293 e. The van der Waals surface area contributed by atoms with Crippen LogP contribution < -0.4 is 4.74 Å². The first-order valence-electron chi connectivity index (χ1n) is 5.19. The summed E-state index contributed by atoms with van der Waals surface area (Å²) in [6.07, 6.45) is 0. The van der Waals surface area contributed by atoms with Crippen LogP contribution in [0.3, 0.4) is 0 Å². The molecular weight excluding hydrogens is 296 g/mol. The molecule has 0 amide bonds. The van der Waals surface area contributed by atoms with E-state index in [2.05, 4.69) is 0 Å². The molecule has 0 atom stereocenters. The van der Waals surface area contributed by atoms with Crippen LogP contribution in [0, 0.1) is 10.1 Å². The van der Waals surface area contributed by atoms with Crippen molar-refractivity contribution in [2.24, 2.45) is 0 Å². The summed E-state index contributed by atoms with van der Waals surface area (Å²) in [6.45, 7) is 0.0626. The average Bonchev–Trinajstić information content (AvgIpc) is 2.38. The maximum atomic E-state index is 12.2. The zero-order valence-electron chi connectivity index (χ0n) is 10.4. The first-order chi connectivity index (χ1) is 8.84. The van der Waals surface area contributed by atoms with Gasteiger partial charge in [0.25, 0.3) is 5.69 Å². The molecule has 0 saturated carbocycles. The second kappa shape index (κ2) is 6.18. The molecule has 0 aliphatic heterocycles. The van der Waals surface area contributed by atoms with Gasteiger partial charge in [0, 0.05) is 19.5 Å². The molecule has 1 aromatic rings. The minimum atomic E-state index is -3.95. The van der Waals surface area contributed by atoms with E-state index in [-0.39, 0.29) is 23.1 Å². The normalized spacial score (nSPS) is 11.6. The Kier molecular flexibility index (Phi) is 5.10. The molecule has 0 aromatic heterocycles. The van der Waals surface area contributed by atoms with Crippen LogP contribution in [0.1, 0.15) is 0 Å². The second-order valence-corrected chi connectivity index (χ2v) is 6.00. The van der Waals surface area contributed by atoms with Gasteiger partial charge >= 0.3 is 0 Å². The summed E-state index contributed by atoms with van der Waals surface area (Å²) < 4.78 is 30.2. The molecule has 19 heavy (non-hydrogen) atoms. The molecule has 0 saturated heterocycles. The second-order valence-electron chi connectivity index (χ2n) is 3.61. The van der Waals surface area contributed by atoms with E-state index in [9.17, 15) is 18.5 Å². The molecule has 0 aliphatic rings. The molecule has 106 valence electrons. The quantitative estimate of drug-likeness (QED) is 0.451. The molecule has 1 aromatic carbocycles. The van der Waals surface area contributed by atoms with E-state index in [1.54, 1.807) is 0 Å². The van der Waals surface area contributed by atoms with E-state index >= 15 is 0 Å². The fourth-order valence-corrected chi connectivity index (χ4v) is 3.05. The van der Waals surface area contributed by atoms with Crippen LogP contribution in [0.25, 0.3) is 0 Å². The van der Waals surface area contributed by atoms with Crippen molar-refractivity contribution in [2.45, 2.75) is 4.90 Å². The lowest BCUT2D eigenvalue weighted by Crippen LogP contribution is -2.29. The van der Waals surface area contributed by atoms with Crippen LogP contribution in [0.4, 0.5) is 5.69 Å². The van der Waals surface area contributed by atoms with Gasteiger partial charge in [-0.25, -0.2) is 8.42 Å². The van der Waals surface area contributed by atoms with Gasteiger partial charge in [0.2, 0.25) is 10.0 Å². The number of sulfonamides is 1. The molecule has 0 fully saturated rings. The lowest BCUT2D eigenvalue weighted by molar-refractivity contribution is -0.387. The minimum absolute atomic E-state index is 0.0626. The van der Waals surface area contributed by atoms with Crippen molar-refractivity contribution in [3.63, 3.8) is 0 Å². The molecule has 9 heteroatoms. The standard InChI is InChI=1S/C10H13ClN2O5S/c1-12(6-5-11)19(16,17)10-4-3-8(18-2)7-9(10)13(14)15/h3-4,7H,5-6H2,1-2H3. The van der Waals surface area contributed by atoms with Crippen LogP contribution in [0.5, 0.6) is 5.75 Å². The third-order valence-corrected chi connectivity index (χ3v) is 4.52. The smallest absolute Gasteiger partial charge is 0.293 e. The van der Waals surface area contributed by atoms with E-state index in [0.717, 1.165) is 16.4 Å². The maximum absolute atomic E-state index is 12.2. The number of ether oxygens (including phenoxy) is 1. The lowest BCUT2D eigenvalue weighted by atomic mass is 10.3. The Bertz CT molecular complexity index is 575. The summed E-state index contributed by atoms with van der Waals surface area (Å²) in [5, 5.41) is 11.0. The zero-order valence-corrected chi connectivity index (χ0v) is 11.9. The summed E-state index contributed by atoms with van der Waals surface area (Å²) in [5.41, 5.74) is -0.527. The third kappa shape index (κ3) is 3.34. The van der Waals surface area contributed by atoms with Crippen LogP contribution in [0.15, 0.2) is 23.1 Å². The molecule has 0 spiro atoms. The van der Waals surface area contributed by atoms with Crippen LogP contribution >= 0.6 is 11.6 Å². The Morgan fingerprint density at radius 2 is 2.11 bits per heavy atom. The van der Waals surface area contributed by atoms with Crippen molar-refractivity contribution in [2.75, 3.05) is 26.6 Å². The summed E-state index contributed by atoms with van der Waals surface area (Å²) in [6, 6.07) is 3.58. The summed E-state index contributed by atoms with van der Waals surface area (Å²) in [7, 11) is -1.30. The lowest BCUT2D eigenvalue weighted by Gasteiger charge is -2.15. The van der Waals surface area contributed by atoms with Crippen molar-refractivity contribution in [3.05, 3.63) is 28.3 Å². The molecule has 0 radical (unpaired) electrons. The highest BCUT2D eigenvalue weighted by Crippen LogP contribution is 2.29. The van der Waals surface area contributed by atoms with E-state index < -0.39 is 20.6 Å².